The highest BCUT2D eigenvalue weighted by molar-refractivity contribution is 6.05. The first-order valence-electron chi connectivity index (χ1n) is 8.90. The van der Waals surface area contributed by atoms with Gasteiger partial charge in [-0.1, -0.05) is 0 Å². The molecule has 1 fully saturated rings. The molecule has 1 saturated heterocycles. The van der Waals surface area contributed by atoms with Gasteiger partial charge in [0.2, 0.25) is 0 Å². The molecule has 1 aromatic heterocycles. The summed E-state index contributed by atoms with van der Waals surface area (Å²) in [5.74, 6) is -0.193. The van der Waals surface area contributed by atoms with Crippen LogP contribution in [0, 0.1) is 5.41 Å². The summed E-state index contributed by atoms with van der Waals surface area (Å²) >= 11 is 0. The van der Waals surface area contributed by atoms with Gasteiger partial charge in [0.05, 0.1) is 17.4 Å². The fraction of sp³-hybridized carbons (Fsp3) is 0.500. The summed E-state index contributed by atoms with van der Waals surface area (Å²) in [6, 6.07) is 3.32. The van der Waals surface area contributed by atoms with Crippen LogP contribution in [-0.2, 0) is 9.47 Å². The van der Waals surface area contributed by atoms with Crippen LogP contribution < -0.4 is 10.8 Å². The highest BCUT2D eigenvalue weighted by Crippen LogP contribution is 2.31. The van der Waals surface area contributed by atoms with E-state index in [0.29, 0.717) is 28.8 Å². The third-order valence-corrected chi connectivity index (χ3v) is 4.18. The van der Waals surface area contributed by atoms with Crippen molar-refractivity contribution in [2.75, 3.05) is 11.9 Å². The zero-order valence-electron chi connectivity index (χ0n) is 15.7. The lowest BCUT2D eigenvalue weighted by Crippen LogP contribution is -2.27. The number of ether oxygens (including phenoxy) is 2. The summed E-state index contributed by atoms with van der Waals surface area (Å²) in [5.41, 5.74) is 2.74. The molecule has 0 aliphatic carbocycles. The number of hydrogen-bond acceptors (Lipinski definition) is 6. The van der Waals surface area contributed by atoms with Crippen LogP contribution in [0.4, 0.5) is 10.5 Å². The molecule has 1 atom stereocenters. The Balaban J connectivity index is 2.02. The Morgan fingerprint density at radius 1 is 1.41 bits per heavy atom. The van der Waals surface area contributed by atoms with Crippen molar-refractivity contribution in [1.29, 1.82) is 5.41 Å². The van der Waals surface area contributed by atoms with Crippen molar-refractivity contribution in [2.45, 2.75) is 51.9 Å². The molecule has 2 aromatic rings. The SMILES string of the molecule is CC(C)(C)OC(=O)Nc1cc(C(=N)NO)cc2c1cnn2C1CCCCO1. The molecule has 9 nitrogen and oxygen atoms in total. The minimum Gasteiger partial charge on any atom is -0.444 e. The van der Waals surface area contributed by atoms with E-state index in [1.54, 1.807) is 43.8 Å². The predicted molar refractivity (Wildman–Crippen MR) is 100 cm³/mol. The number of fused-ring (bicyclic) bond motifs is 1. The Morgan fingerprint density at radius 3 is 2.81 bits per heavy atom. The van der Waals surface area contributed by atoms with Crippen molar-refractivity contribution in [3.05, 3.63) is 23.9 Å². The van der Waals surface area contributed by atoms with Gasteiger partial charge in [0.25, 0.3) is 0 Å². The number of rotatable bonds is 3. The lowest BCUT2D eigenvalue weighted by atomic mass is 10.1. The van der Waals surface area contributed by atoms with Gasteiger partial charge in [-0.2, -0.15) is 5.10 Å². The average Bonchev–Trinajstić information content (AvgIpc) is 3.04. The van der Waals surface area contributed by atoms with Crippen molar-refractivity contribution in [1.82, 2.24) is 15.3 Å². The second kappa shape index (κ2) is 7.53. The number of anilines is 1. The average molecular weight is 375 g/mol. The van der Waals surface area contributed by atoms with Crippen molar-refractivity contribution in [3.8, 4) is 0 Å². The van der Waals surface area contributed by atoms with Gasteiger partial charge in [0.1, 0.15) is 11.4 Å². The first-order chi connectivity index (χ1) is 12.8. The number of aromatic nitrogens is 2. The molecular formula is C18H25N5O4. The largest absolute Gasteiger partial charge is 0.444 e. The summed E-state index contributed by atoms with van der Waals surface area (Å²) in [4.78, 5) is 12.2. The number of nitrogens with one attached hydrogen (secondary N) is 3. The molecule has 0 radical (unpaired) electrons. The van der Waals surface area contributed by atoms with Crippen molar-refractivity contribution in [2.24, 2.45) is 0 Å². The van der Waals surface area contributed by atoms with E-state index in [9.17, 15) is 4.79 Å². The number of benzene rings is 1. The van der Waals surface area contributed by atoms with E-state index < -0.39 is 11.7 Å². The predicted octanol–water partition coefficient (Wildman–Crippen LogP) is 3.39. The number of hydroxylamine groups is 1. The maximum atomic E-state index is 12.2. The molecule has 9 heteroatoms. The minimum atomic E-state index is -0.639. The van der Waals surface area contributed by atoms with Gasteiger partial charge in [-0.05, 0) is 52.2 Å². The van der Waals surface area contributed by atoms with Crippen LogP contribution in [-0.4, -0.2) is 39.1 Å². The van der Waals surface area contributed by atoms with Crippen LogP contribution >= 0.6 is 0 Å². The van der Waals surface area contributed by atoms with Crippen LogP contribution in [0.2, 0.25) is 0 Å². The minimum absolute atomic E-state index is 0.193. The van der Waals surface area contributed by atoms with Gasteiger partial charge >= 0.3 is 6.09 Å². The van der Waals surface area contributed by atoms with Gasteiger partial charge in [-0.3, -0.25) is 21.4 Å². The highest BCUT2D eigenvalue weighted by atomic mass is 16.6. The van der Waals surface area contributed by atoms with Gasteiger partial charge in [0.15, 0.2) is 6.23 Å². The molecule has 1 aliphatic heterocycles. The second-order valence-electron chi connectivity index (χ2n) is 7.48. The van der Waals surface area contributed by atoms with Crippen molar-refractivity contribution < 1.29 is 19.5 Å². The van der Waals surface area contributed by atoms with Crippen LogP contribution in [0.3, 0.4) is 0 Å². The fourth-order valence-electron chi connectivity index (χ4n) is 3.02. The number of carbonyl (C=O) groups excluding carboxylic acids is 1. The third-order valence-electron chi connectivity index (χ3n) is 4.18. The van der Waals surface area contributed by atoms with Crippen molar-refractivity contribution >= 4 is 28.5 Å². The standard InChI is InChI=1S/C18H25N5O4/c1-18(2,3)27-17(24)21-13-8-11(16(19)22-25)9-14-12(13)10-20-23(14)15-6-4-5-7-26-15/h8-10,15,25H,4-7H2,1-3H3,(H2,19,22)(H,21,24). The Labute approximate surface area is 157 Å². The molecular weight excluding hydrogens is 350 g/mol. The van der Waals surface area contributed by atoms with E-state index in [2.05, 4.69) is 10.4 Å². The van der Waals surface area contributed by atoms with Gasteiger partial charge in [0, 0.05) is 17.6 Å². The summed E-state index contributed by atoms with van der Waals surface area (Å²) in [5, 5.41) is 24.8. The molecule has 0 saturated carbocycles. The third kappa shape index (κ3) is 4.37. The summed E-state index contributed by atoms with van der Waals surface area (Å²) < 4.78 is 12.9. The molecule has 3 rings (SSSR count). The quantitative estimate of drug-likeness (QED) is 0.371. The van der Waals surface area contributed by atoms with Crippen LogP contribution in [0.5, 0.6) is 0 Å². The molecule has 1 aromatic carbocycles. The van der Waals surface area contributed by atoms with Gasteiger partial charge in [-0.15, -0.1) is 0 Å². The van der Waals surface area contributed by atoms with E-state index in [1.807, 2.05) is 5.48 Å². The zero-order valence-corrected chi connectivity index (χ0v) is 15.7. The number of amides is 1. The fourth-order valence-corrected chi connectivity index (χ4v) is 3.02. The smallest absolute Gasteiger partial charge is 0.412 e. The number of amidine groups is 1. The lowest BCUT2D eigenvalue weighted by Gasteiger charge is -2.24. The molecule has 4 N–H and O–H groups in total. The van der Waals surface area contributed by atoms with Crippen LogP contribution in [0.15, 0.2) is 18.3 Å². The Morgan fingerprint density at radius 2 is 2.19 bits per heavy atom. The summed E-state index contributed by atoms with van der Waals surface area (Å²) in [7, 11) is 0. The zero-order chi connectivity index (χ0) is 19.6. The number of carbonyl (C=O) groups is 1. The topological polar surface area (TPSA) is 121 Å². The molecule has 1 unspecified atom stereocenters. The molecule has 146 valence electrons. The normalized spacial score (nSPS) is 17.6. The number of nitrogens with zero attached hydrogens (tertiary/aromatic N) is 2. The van der Waals surface area contributed by atoms with Crippen molar-refractivity contribution in [3.63, 3.8) is 0 Å². The molecule has 1 amide bonds. The maximum absolute atomic E-state index is 12.2. The monoisotopic (exact) mass is 375 g/mol. The van der Waals surface area contributed by atoms with Crippen LogP contribution in [0.1, 0.15) is 51.8 Å². The second-order valence-corrected chi connectivity index (χ2v) is 7.48. The van der Waals surface area contributed by atoms with E-state index in [-0.39, 0.29) is 12.1 Å². The molecule has 1 aliphatic rings. The van der Waals surface area contributed by atoms with E-state index in [0.717, 1.165) is 19.3 Å². The number of hydrogen-bond donors (Lipinski definition) is 4. The van der Waals surface area contributed by atoms with E-state index in [4.69, 9.17) is 20.1 Å². The van der Waals surface area contributed by atoms with Gasteiger partial charge in [-0.25, -0.2) is 9.48 Å². The molecule has 2 heterocycles. The Hall–Kier alpha value is -2.65. The van der Waals surface area contributed by atoms with Crippen LogP contribution in [0.25, 0.3) is 10.9 Å². The lowest BCUT2D eigenvalue weighted by molar-refractivity contribution is -0.0366. The molecule has 0 spiro atoms. The van der Waals surface area contributed by atoms with E-state index in [1.165, 1.54) is 0 Å². The molecule has 0 bridgehead atoms. The molecule has 27 heavy (non-hydrogen) atoms. The van der Waals surface area contributed by atoms with E-state index >= 15 is 0 Å². The Bertz CT molecular complexity index is 849. The first kappa shape index (κ1) is 19.1. The Kier molecular flexibility index (Phi) is 5.33. The highest BCUT2D eigenvalue weighted by Gasteiger charge is 2.22. The first-order valence-corrected chi connectivity index (χ1v) is 8.90. The maximum Gasteiger partial charge on any atom is 0.412 e. The summed E-state index contributed by atoms with van der Waals surface area (Å²) in [6.07, 6.45) is 3.75. The van der Waals surface area contributed by atoms with Gasteiger partial charge < -0.3 is 9.47 Å². The summed E-state index contributed by atoms with van der Waals surface area (Å²) in [6.45, 7) is 6.01.